The van der Waals surface area contributed by atoms with E-state index in [-0.39, 0.29) is 25.2 Å². The van der Waals surface area contributed by atoms with Crippen LogP contribution in [0, 0.1) is 0 Å². The van der Waals surface area contributed by atoms with Gasteiger partial charge < -0.3 is 14.2 Å². The number of hydrogen-bond acceptors (Lipinski definition) is 5. The molecule has 0 spiro atoms. The van der Waals surface area contributed by atoms with E-state index >= 15 is 0 Å². The molecule has 72 heavy (non-hydrogen) atoms. The summed E-state index contributed by atoms with van der Waals surface area (Å²) in [4.78, 5) is 25.6. The average molecular weight is 1010 g/mol. The Morgan fingerprint density at radius 3 is 1.03 bits per heavy atom. The number of carbonyl (C=O) groups excluding carboxylic acids is 2. The summed E-state index contributed by atoms with van der Waals surface area (Å²) in [6.45, 7) is 7.73. The van der Waals surface area contributed by atoms with Gasteiger partial charge in [-0.3, -0.25) is 9.59 Å². The third kappa shape index (κ3) is 59.9. The number of esters is 2. The second kappa shape index (κ2) is 62.6. The van der Waals surface area contributed by atoms with E-state index in [0.29, 0.717) is 19.4 Å². The molecule has 0 saturated heterocycles. The average Bonchev–Trinajstić information content (AvgIpc) is 3.38. The third-order valence-electron chi connectivity index (χ3n) is 13.7. The first-order valence-electron chi connectivity index (χ1n) is 31.5. The Balaban J connectivity index is 4.31. The molecule has 0 saturated carbocycles. The van der Waals surface area contributed by atoms with Gasteiger partial charge >= 0.3 is 11.9 Å². The highest BCUT2D eigenvalue weighted by Crippen LogP contribution is 2.17. The van der Waals surface area contributed by atoms with Crippen molar-refractivity contribution in [2.75, 3.05) is 19.8 Å². The van der Waals surface area contributed by atoms with Gasteiger partial charge in [-0.15, -0.1) is 0 Å². The van der Waals surface area contributed by atoms with Crippen LogP contribution in [-0.2, 0) is 23.8 Å². The molecule has 0 aliphatic heterocycles. The molecular formula is C67H120O5. The Hall–Kier alpha value is -2.66. The van der Waals surface area contributed by atoms with Crippen LogP contribution >= 0.6 is 0 Å². The first-order chi connectivity index (χ1) is 35.6. The lowest BCUT2D eigenvalue weighted by atomic mass is 10.0. The molecule has 0 fully saturated rings. The van der Waals surface area contributed by atoms with E-state index in [4.69, 9.17) is 14.2 Å². The van der Waals surface area contributed by atoms with E-state index in [0.717, 1.165) is 89.9 Å². The number of rotatable bonds is 58. The minimum Gasteiger partial charge on any atom is -0.462 e. The topological polar surface area (TPSA) is 61.8 Å². The van der Waals surface area contributed by atoms with Crippen LogP contribution in [0.1, 0.15) is 316 Å². The minimum absolute atomic E-state index is 0.0676. The lowest BCUT2D eigenvalue weighted by Gasteiger charge is -2.18. The van der Waals surface area contributed by atoms with Gasteiger partial charge in [-0.2, -0.15) is 0 Å². The molecule has 5 heteroatoms. The molecule has 0 aromatic heterocycles. The summed E-state index contributed by atoms with van der Waals surface area (Å²) in [5, 5.41) is 0. The van der Waals surface area contributed by atoms with Crippen molar-refractivity contribution in [1.82, 2.24) is 0 Å². The van der Waals surface area contributed by atoms with Gasteiger partial charge in [0.15, 0.2) is 6.10 Å². The van der Waals surface area contributed by atoms with Gasteiger partial charge in [0, 0.05) is 19.4 Å². The van der Waals surface area contributed by atoms with Crippen LogP contribution in [0.25, 0.3) is 0 Å². The molecule has 0 aliphatic rings. The molecular weight excluding hydrogens is 885 g/mol. The minimum atomic E-state index is -0.554. The van der Waals surface area contributed by atoms with Crippen LogP contribution in [0.2, 0.25) is 0 Å². The molecule has 1 atom stereocenters. The normalized spacial score (nSPS) is 12.7. The van der Waals surface area contributed by atoms with Crippen molar-refractivity contribution in [2.45, 2.75) is 322 Å². The van der Waals surface area contributed by atoms with Crippen molar-refractivity contribution < 1.29 is 23.8 Å². The fourth-order valence-electron chi connectivity index (χ4n) is 9.06. The quantitative estimate of drug-likeness (QED) is 0.0345. The second-order valence-corrected chi connectivity index (χ2v) is 20.9. The molecule has 1 unspecified atom stereocenters. The molecule has 0 bridgehead atoms. The zero-order chi connectivity index (χ0) is 52.0. The predicted octanol–water partition coefficient (Wildman–Crippen LogP) is 21.8. The Morgan fingerprint density at radius 2 is 0.625 bits per heavy atom. The molecule has 0 amide bonds. The Kier molecular flexibility index (Phi) is 60.3. The largest absolute Gasteiger partial charge is 0.462 e. The van der Waals surface area contributed by atoms with Crippen molar-refractivity contribution in [3.05, 3.63) is 72.9 Å². The molecule has 0 aromatic carbocycles. The van der Waals surface area contributed by atoms with Crippen LogP contribution < -0.4 is 0 Å². The third-order valence-corrected chi connectivity index (χ3v) is 13.7. The summed E-state index contributed by atoms with van der Waals surface area (Å²) < 4.78 is 17.5. The van der Waals surface area contributed by atoms with Crippen LogP contribution in [0.15, 0.2) is 72.9 Å². The maximum atomic E-state index is 12.9. The SMILES string of the molecule is CC/C=C\C/C=C\C/C=C\C/C=C\C/C=C\CCCCCC(=O)OCC(COCCCCCCCCCCCCCCCCCCCCCC)OC(=O)CCCCCCCCC/C=C\CCCCCCCC. The lowest BCUT2D eigenvalue weighted by Crippen LogP contribution is -2.30. The number of allylic oxidation sites excluding steroid dienone is 12. The van der Waals surface area contributed by atoms with Gasteiger partial charge in [0.2, 0.25) is 0 Å². The van der Waals surface area contributed by atoms with E-state index in [2.05, 4.69) is 93.7 Å². The fraction of sp³-hybridized carbons (Fsp3) is 0.791. The summed E-state index contributed by atoms with van der Waals surface area (Å²) >= 11 is 0. The van der Waals surface area contributed by atoms with E-state index in [1.54, 1.807) is 0 Å². The molecule has 0 N–H and O–H groups in total. The van der Waals surface area contributed by atoms with Crippen LogP contribution in [0.4, 0.5) is 0 Å². The van der Waals surface area contributed by atoms with Gasteiger partial charge in [-0.1, -0.05) is 286 Å². The van der Waals surface area contributed by atoms with Crippen LogP contribution in [0.3, 0.4) is 0 Å². The number of unbranched alkanes of at least 4 members (excludes halogenated alkanes) is 35. The van der Waals surface area contributed by atoms with Crippen molar-refractivity contribution in [3.63, 3.8) is 0 Å². The Bertz CT molecular complexity index is 1270. The monoisotopic (exact) mass is 1000 g/mol. The van der Waals surface area contributed by atoms with E-state index in [9.17, 15) is 9.59 Å². The van der Waals surface area contributed by atoms with Crippen molar-refractivity contribution in [1.29, 1.82) is 0 Å². The number of ether oxygens (including phenoxy) is 3. The Morgan fingerprint density at radius 1 is 0.319 bits per heavy atom. The first kappa shape index (κ1) is 69.3. The van der Waals surface area contributed by atoms with Gasteiger partial charge in [0.05, 0.1) is 6.61 Å². The van der Waals surface area contributed by atoms with Gasteiger partial charge in [-0.25, -0.2) is 0 Å². The second-order valence-electron chi connectivity index (χ2n) is 20.9. The number of hydrogen-bond donors (Lipinski definition) is 0. The molecule has 5 nitrogen and oxygen atoms in total. The van der Waals surface area contributed by atoms with Crippen LogP contribution in [0.5, 0.6) is 0 Å². The summed E-state index contributed by atoms with van der Waals surface area (Å²) in [5.74, 6) is -0.426. The van der Waals surface area contributed by atoms with Gasteiger partial charge in [0.1, 0.15) is 6.61 Å². The standard InChI is InChI=1S/C67H120O5/c1-4-7-10-13-16-19-22-25-28-31-33-35-38-41-44-47-50-53-56-59-62-70-63-65(72-67(69)61-58-55-52-49-46-43-40-36-30-27-24-21-18-15-12-9-6-3)64-71-66(68)60-57-54-51-48-45-42-39-37-34-32-29-26-23-20-17-14-11-8-5-2/h8,11,17,20,26-27,29-30,34,37,42,45,65H,4-7,9-10,12-16,18-19,21-25,28,31-33,35-36,38-41,43-44,46-64H2,1-3H3/b11-8-,20-17-,29-26-,30-27-,37-34-,45-42-. The van der Waals surface area contributed by atoms with E-state index < -0.39 is 6.10 Å². The maximum Gasteiger partial charge on any atom is 0.306 e. The predicted molar refractivity (Wildman–Crippen MR) is 316 cm³/mol. The van der Waals surface area contributed by atoms with E-state index in [1.165, 1.54) is 193 Å². The molecule has 0 radical (unpaired) electrons. The van der Waals surface area contributed by atoms with Crippen molar-refractivity contribution in [3.8, 4) is 0 Å². The smallest absolute Gasteiger partial charge is 0.306 e. The lowest BCUT2D eigenvalue weighted by molar-refractivity contribution is -0.163. The summed E-state index contributed by atoms with van der Waals surface area (Å²) in [6.07, 6.45) is 82.2. The fourth-order valence-corrected chi connectivity index (χ4v) is 9.06. The van der Waals surface area contributed by atoms with Crippen molar-refractivity contribution >= 4 is 11.9 Å². The highest BCUT2D eigenvalue weighted by Gasteiger charge is 2.17. The summed E-state index contributed by atoms with van der Waals surface area (Å²) in [7, 11) is 0. The molecule has 0 aliphatic carbocycles. The van der Waals surface area contributed by atoms with E-state index in [1.807, 2.05) is 0 Å². The summed E-state index contributed by atoms with van der Waals surface area (Å²) in [6, 6.07) is 0. The molecule has 0 rings (SSSR count). The zero-order valence-electron chi connectivity index (χ0n) is 48.2. The van der Waals surface area contributed by atoms with Gasteiger partial charge in [0.25, 0.3) is 0 Å². The highest BCUT2D eigenvalue weighted by atomic mass is 16.6. The first-order valence-corrected chi connectivity index (χ1v) is 31.5. The molecule has 0 aromatic rings. The van der Waals surface area contributed by atoms with Gasteiger partial charge in [-0.05, 0) is 89.9 Å². The van der Waals surface area contributed by atoms with Crippen molar-refractivity contribution in [2.24, 2.45) is 0 Å². The van der Waals surface area contributed by atoms with Crippen LogP contribution in [-0.4, -0.2) is 37.9 Å². The Labute approximate surface area is 448 Å². The summed E-state index contributed by atoms with van der Waals surface area (Å²) in [5.41, 5.74) is 0. The maximum absolute atomic E-state index is 12.9. The molecule has 0 heterocycles. The zero-order valence-corrected chi connectivity index (χ0v) is 48.2. The highest BCUT2D eigenvalue weighted by molar-refractivity contribution is 5.70. The number of carbonyl (C=O) groups is 2. The molecule has 418 valence electrons.